The molecule has 128 valence electrons. The molecule has 0 aliphatic heterocycles. The molecule has 6 nitrogen and oxygen atoms in total. The summed E-state index contributed by atoms with van der Waals surface area (Å²) in [5.74, 6) is 1.40. The second kappa shape index (κ2) is 7.79. The number of benzene rings is 2. The predicted octanol–water partition coefficient (Wildman–Crippen LogP) is 3.73. The molecular weight excluding hydrogens is 308 g/mol. The van der Waals surface area contributed by atoms with Crippen molar-refractivity contribution in [2.24, 2.45) is 5.73 Å². The highest BCUT2D eigenvalue weighted by Gasteiger charge is 2.18. The lowest BCUT2D eigenvalue weighted by Crippen LogP contribution is -2.05. The van der Waals surface area contributed by atoms with Gasteiger partial charge in [-0.25, -0.2) is 0 Å². The van der Waals surface area contributed by atoms with Crippen LogP contribution < -0.4 is 15.2 Å². The maximum Gasteiger partial charge on any atom is 0.270 e. The van der Waals surface area contributed by atoms with Gasteiger partial charge in [0.25, 0.3) is 5.69 Å². The highest BCUT2D eigenvalue weighted by molar-refractivity contribution is 5.76. The molecule has 0 spiro atoms. The van der Waals surface area contributed by atoms with Crippen LogP contribution in [0.25, 0.3) is 11.1 Å². The third kappa shape index (κ3) is 3.65. The smallest absolute Gasteiger partial charge is 0.270 e. The van der Waals surface area contributed by atoms with Crippen LogP contribution in [0.4, 0.5) is 5.69 Å². The van der Waals surface area contributed by atoms with Gasteiger partial charge in [0, 0.05) is 17.7 Å². The highest BCUT2D eigenvalue weighted by Crippen LogP contribution is 2.41. The lowest BCUT2D eigenvalue weighted by atomic mass is 9.93. The number of rotatable bonds is 7. The molecular formula is C18H22N2O4. The summed E-state index contributed by atoms with van der Waals surface area (Å²) in [4.78, 5) is 10.6. The lowest BCUT2D eigenvalue weighted by molar-refractivity contribution is -0.384. The van der Waals surface area contributed by atoms with E-state index in [2.05, 4.69) is 6.92 Å². The fourth-order valence-corrected chi connectivity index (χ4v) is 2.69. The van der Waals surface area contributed by atoms with E-state index < -0.39 is 4.92 Å². The average molecular weight is 330 g/mol. The van der Waals surface area contributed by atoms with Crippen molar-refractivity contribution in [3.8, 4) is 22.6 Å². The minimum absolute atomic E-state index is 0.0360. The van der Waals surface area contributed by atoms with E-state index in [-0.39, 0.29) is 11.6 Å². The van der Waals surface area contributed by atoms with Crippen LogP contribution in [0, 0.1) is 10.1 Å². The zero-order valence-electron chi connectivity index (χ0n) is 14.1. The van der Waals surface area contributed by atoms with Crippen LogP contribution in [0.2, 0.25) is 0 Å². The summed E-state index contributed by atoms with van der Waals surface area (Å²) < 4.78 is 11.0. The zero-order valence-corrected chi connectivity index (χ0v) is 14.1. The van der Waals surface area contributed by atoms with Crippen molar-refractivity contribution in [3.63, 3.8) is 0 Å². The van der Waals surface area contributed by atoms with Gasteiger partial charge in [-0.3, -0.25) is 10.1 Å². The Labute approximate surface area is 141 Å². The number of nitrogens with two attached hydrogens (primary N) is 1. The van der Waals surface area contributed by atoms with E-state index in [1.165, 1.54) is 12.1 Å². The SMILES string of the molecule is COc1cc(C(C)CCN)cc(-c2cccc([N+](=O)[O-])c2)c1OC. The fourth-order valence-electron chi connectivity index (χ4n) is 2.69. The van der Waals surface area contributed by atoms with Gasteiger partial charge in [0.2, 0.25) is 0 Å². The van der Waals surface area contributed by atoms with E-state index in [1.54, 1.807) is 20.3 Å². The third-order valence-corrected chi connectivity index (χ3v) is 4.04. The zero-order chi connectivity index (χ0) is 17.7. The largest absolute Gasteiger partial charge is 0.493 e. The second-order valence-electron chi connectivity index (χ2n) is 5.59. The summed E-state index contributed by atoms with van der Waals surface area (Å²) in [7, 11) is 3.13. The van der Waals surface area contributed by atoms with Gasteiger partial charge >= 0.3 is 0 Å². The number of nitrogens with zero attached hydrogens (tertiary/aromatic N) is 1. The minimum Gasteiger partial charge on any atom is -0.493 e. The number of nitro benzene ring substituents is 1. The molecule has 2 rings (SSSR count). The normalized spacial score (nSPS) is 11.8. The van der Waals surface area contributed by atoms with Gasteiger partial charge < -0.3 is 15.2 Å². The first-order valence-corrected chi connectivity index (χ1v) is 7.72. The van der Waals surface area contributed by atoms with Gasteiger partial charge in [-0.15, -0.1) is 0 Å². The number of hydrogen-bond acceptors (Lipinski definition) is 5. The highest BCUT2D eigenvalue weighted by atomic mass is 16.6. The van der Waals surface area contributed by atoms with Crippen LogP contribution in [-0.4, -0.2) is 25.7 Å². The van der Waals surface area contributed by atoms with E-state index in [1.807, 2.05) is 18.2 Å². The third-order valence-electron chi connectivity index (χ3n) is 4.04. The average Bonchev–Trinajstić information content (AvgIpc) is 2.60. The Kier molecular flexibility index (Phi) is 5.76. The van der Waals surface area contributed by atoms with Crippen molar-refractivity contribution in [1.29, 1.82) is 0 Å². The molecule has 1 unspecified atom stereocenters. The molecule has 0 saturated carbocycles. The quantitative estimate of drug-likeness (QED) is 0.617. The summed E-state index contributed by atoms with van der Waals surface area (Å²) in [5.41, 5.74) is 8.23. The Morgan fingerprint density at radius 2 is 1.96 bits per heavy atom. The van der Waals surface area contributed by atoms with E-state index in [0.717, 1.165) is 17.5 Å². The van der Waals surface area contributed by atoms with Crippen molar-refractivity contribution in [1.82, 2.24) is 0 Å². The van der Waals surface area contributed by atoms with Crippen molar-refractivity contribution >= 4 is 5.69 Å². The van der Waals surface area contributed by atoms with Gasteiger partial charge in [0.15, 0.2) is 11.5 Å². The van der Waals surface area contributed by atoms with E-state index in [0.29, 0.717) is 23.6 Å². The molecule has 0 amide bonds. The van der Waals surface area contributed by atoms with Gasteiger partial charge in [-0.05, 0) is 42.1 Å². The van der Waals surface area contributed by atoms with Gasteiger partial charge in [-0.2, -0.15) is 0 Å². The molecule has 0 heterocycles. The molecule has 0 aliphatic carbocycles. The molecule has 2 aromatic rings. The van der Waals surface area contributed by atoms with Gasteiger partial charge in [0.05, 0.1) is 19.1 Å². The van der Waals surface area contributed by atoms with Gasteiger partial charge in [-0.1, -0.05) is 19.1 Å². The van der Waals surface area contributed by atoms with E-state index in [9.17, 15) is 10.1 Å². The molecule has 24 heavy (non-hydrogen) atoms. The summed E-state index contributed by atoms with van der Waals surface area (Å²) in [6.07, 6.45) is 0.837. The minimum atomic E-state index is -0.409. The monoisotopic (exact) mass is 330 g/mol. The molecule has 0 aliphatic rings. The van der Waals surface area contributed by atoms with Gasteiger partial charge in [0.1, 0.15) is 0 Å². The summed E-state index contributed by atoms with van der Waals surface area (Å²) in [6.45, 7) is 2.67. The summed E-state index contributed by atoms with van der Waals surface area (Å²) >= 11 is 0. The molecule has 6 heteroatoms. The van der Waals surface area contributed by atoms with Crippen LogP contribution in [0.5, 0.6) is 11.5 Å². The molecule has 2 N–H and O–H groups in total. The molecule has 0 radical (unpaired) electrons. The Morgan fingerprint density at radius 3 is 2.54 bits per heavy atom. The first kappa shape index (κ1) is 17.7. The molecule has 0 fully saturated rings. The standard InChI is InChI=1S/C18H22N2O4/c1-12(7-8-19)14-10-16(18(24-3)17(11-14)23-2)13-5-4-6-15(9-13)20(21)22/h4-6,9-12H,7-8,19H2,1-3H3. The molecule has 1 atom stereocenters. The number of non-ortho nitro benzene ring substituents is 1. The predicted molar refractivity (Wildman–Crippen MR) is 93.7 cm³/mol. The first-order chi connectivity index (χ1) is 11.5. The Morgan fingerprint density at radius 1 is 1.21 bits per heavy atom. The molecule has 0 aromatic heterocycles. The van der Waals surface area contributed by atoms with Crippen LogP contribution in [0.1, 0.15) is 24.8 Å². The second-order valence-corrected chi connectivity index (χ2v) is 5.59. The molecule has 0 bridgehead atoms. The van der Waals surface area contributed by atoms with Crippen molar-refractivity contribution in [2.45, 2.75) is 19.3 Å². The molecule has 2 aromatic carbocycles. The first-order valence-electron chi connectivity index (χ1n) is 7.72. The Hall–Kier alpha value is -2.60. The maximum atomic E-state index is 11.1. The van der Waals surface area contributed by atoms with Crippen LogP contribution >= 0.6 is 0 Å². The van der Waals surface area contributed by atoms with Crippen molar-refractivity contribution < 1.29 is 14.4 Å². The van der Waals surface area contributed by atoms with Crippen molar-refractivity contribution in [3.05, 3.63) is 52.1 Å². The topological polar surface area (TPSA) is 87.6 Å². The van der Waals surface area contributed by atoms with E-state index in [4.69, 9.17) is 15.2 Å². The lowest BCUT2D eigenvalue weighted by Gasteiger charge is -2.18. The summed E-state index contributed by atoms with van der Waals surface area (Å²) in [6, 6.07) is 10.4. The number of ether oxygens (including phenoxy) is 2. The Balaban J connectivity index is 2.64. The summed E-state index contributed by atoms with van der Waals surface area (Å²) in [5, 5.41) is 11.1. The van der Waals surface area contributed by atoms with Crippen LogP contribution in [0.3, 0.4) is 0 Å². The molecule has 0 saturated heterocycles. The number of hydrogen-bond donors (Lipinski definition) is 1. The Bertz CT molecular complexity index is 731. The maximum absolute atomic E-state index is 11.1. The number of nitro groups is 1. The van der Waals surface area contributed by atoms with Crippen molar-refractivity contribution in [2.75, 3.05) is 20.8 Å². The fraction of sp³-hybridized carbons (Fsp3) is 0.333. The van der Waals surface area contributed by atoms with Crippen LogP contribution in [0.15, 0.2) is 36.4 Å². The van der Waals surface area contributed by atoms with Crippen LogP contribution in [-0.2, 0) is 0 Å². The number of methoxy groups -OCH3 is 2. The van der Waals surface area contributed by atoms with E-state index >= 15 is 0 Å².